The molecule has 4 heteroatoms. The van der Waals surface area contributed by atoms with Gasteiger partial charge in [-0.05, 0) is 54.4 Å². The standard InChI is InChI=1S/C20H38N4/c1-19(2,3)23-13-18(14-23)22-11-17(12-22)21-9-15-7-8-16(10-21)24(15)20(4,5)6/h15-18H,7-14H2,1-6H3. The molecular weight excluding hydrogens is 296 g/mol. The Morgan fingerprint density at radius 2 is 0.958 bits per heavy atom. The third kappa shape index (κ3) is 2.94. The van der Waals surface area contributed by atoms with Gasteiger partial charge in [-0.15, -0.1) is 0 Å². The van der Waals surface area contributed by atoms with Crippen LogP contribution in [0.3, 0.4) is 0 Å². The van der Waals surface area contributed by atoms with Crippen molar-refractivity contribution in [3.63, 3.8) is 0 Å². The van der Waals surface area contributed by atoms with Gasteiger partial charge in [-0.25, -0.2) is 0 Å². The van der Waals surface area contributed by atoms with Gasteiger partial charge in [0.25, 0.3) is 0 Å². The average molecular weight is 335 g/mol. The SMILES string of the molecule is CC(C)(C)N1CC(N2CC(N3CC4CCC(C3)N4C(C)(C)C)C2)C1. The van der Waals surface area contributed by atoms with Crippen molar-refractivity contribution in [1.29, 1.82) is 0 Å². The average Bonchev–Trinajstić information content (AvgIpc) is 2.61. The highest BCUT2D eigenvalue weighted by Gasteiger charge is 2.49. The summed E-state index contributed by atoms with van der Waals surface area (Å²) < 4.78 is 0. The van der Waals surface area contributed by atoms with E-state index in [4.69, 9.17) is 0 Å². The lowest BCUT2D eigenvalue weighted by molar-refractivity contribution is -0.0954. The van der Waals surface area contributed by atoms with Crippen LogP contribution >= 0.6 is 0 Å². The van der Waals surface area contributed by atoms with Crippen LogP contribution in [0.5, 0.6) is 0 Å². The molecular formula is C20H38N4. The lowest BCUT2D eigenvalue weighted by Gasteiger charge is -2.58. The van der Waals surface area contributed by atoms with Gasteiger partial charge in [0, 0.05) is 74.5 Å². The summed E-state index contributed by atoms with van der Waals surface area (Å²) in [5.41, 5.74) is 0.690. The summed E-state index contributed by atoms with van der Waals surface area (Å²) in [6, 6.07) is 3.27. The van der Waals surface area contributed by atoms with E-state index < -0.39 is 0 Å². The highest BCUT2D eigenvalue weighted by atomic mass is 15.4. The number of hydrogen-bond acceptors (Lipinski definition) is 4. The maximum absolute atomic E-state index is 2.83. The first kappa shape index (κ1) is 17.3. The van der Waals surface area contributed by atoms with Crippen molar-refractivity contribution in [3.8, 4) is 0 Å². The van der Waals surface area contributed by atoms with Crippen molar-refractivity contribution in [1.82, 2.24) is 19.6 Å². The maximum Gasteiger partial charge on any atom is 0.0352 e. The van der Waals surface area contributed by atoms with Gasteiger partial charge in [-0.3, -0.25) is 19.6 Å². The van der Waals surface area contributed by atoms with E-state index in [1.807, 2.05) is 0 Å². The number of likely N-dealkylation sites (tertiary alicyclic amines) is 3. The summed E-state index contributed by atoms with van der Waals surface area (Å²) in [5, 5.41) is 0. The Balaban J connectivity index is 1.26. The van der Waals surface area contributed by atoms with Crippen LogP contribution in [0.15, 0.2) is 0 Å². The maximum atomic E-state index is 2.83. The fourth-order valence-corrected chi connectivity index (χ4v) is 5.58. The molecule has 2 atom stereocenters. The van der Waals surface area contributed by atoms with E-state index >= 15 is 0 Å². The molecule has 4 rings (SSSR count). The molecule has 4 saturated heterocycles. The number of nitrogens with zero attached hydrogens (tertiary/aromatic N) is 4. The first-order valence-electron chi connectivity index (χ1n) is 10.1. The zero-order valence-corrected chi connectivity index (χ0v) is 16.8. The van der Waals surface area contributed by atoms with Crippen LogP contribution in [0.25, 0.3) is 0 Å². The van der Waals surface area contributed by atoms with Crippen molar-refractivity contribution in [3.05, 3.63) is 0 Å². The minimum absolute atomic E-state index is 0.339. The van der Waals surface area contributed by atoms with Crippen LogP contribution in [0.1, 0.15) is 54.4 Å². The second-order valence-corrected chi connectivity index (χ2v) is 10.8. The van der Waals surface area contributed by atoms with Crippen LogP contribution in [0.2, 0.25) is 0 Å². The van der Waals surface area contributed by atoms with E-state index in [-0.39, 0.29) is 0 Å². The largest absolute Gasteiger partial charge is 0.295 e. The Kier molecular flexibility index (Phi) is 4.08. The molecule has 4 fully saturated rings. The lowest BCUT2D eigenvalue weighted by atomic mass is 9.92. The molecule has 0 aromatic heterocycles. The summed E-state index contributed by atoms with van der Waals surface area (Å²) in [5.74, 6) is 0. The first-order chi connectivity index (χ1) is 11.1. The van der Waals surface area contributed by atoms with Crippen LogP contribution in [0, 0.1) is 0 Å². The molecule has 0 amide bonds. The van der Waals surface area contributed by atoms with Gasteiger partial charge in [0.05, 0.1) is 0 Å². The molecule has 0 saturated carbocycles. The van der Waals surface area contributed by atoms with E-state index in [9.17, 15) is 0 Å². The summed E-state index contributed by atoms with van der Waals surface area (Å²) in [6.45, 7) is 22.0. The molecule has 0 radical (unpaired) electrons. The Hall–Kier alpha value is -0.160. The second kappa shape index (κ2) is 5.67. The number of rotatable bonds is 2. The Bertz CT molecular complexity index is 451. The van der Waals surface area contributed by atoms with Gasteiger partial charge < -0.3 is 0 Å². The van der Waals surface area contributed by atoms with Crippen molar-refractivity contribution < 1.29 is 0 Å². The molecule has 24 heavy (non-hydrogen) atoms. The third-order valence-electron chi connectivity index (χ3n) is 7.02. The molecule has 4 heterocycles. The van der Waals surface area contributed by atoms with Crippen molar-refractivity contribution in [2.75, 3.05) is 39.3 Å². The van der Waals surface area contributed by atoms with E-state index in [1.54, 1.807) is 0 Å². The minimum atomic E-state index is 0.339. The van der Waals surface area contributed by atoms with Gasteiger partial charge >= 0.3 is 0 Å². The molecule has 0 N–H and O–H groups in total. The van der Waals surface area contributed by atoms with Crippen molar-refractivity contribution >= 4 is 0 Å². The Morgan fingerprint density at radius 1 is 0.542 bits per heavy atom. The van der Waals surface area contributed by atoms with Crippen molar-refractivity contribution in [2.24, 2.45) is 0 Å². The summed E-state index contributed by atoms with van der Waals surface area (Å²) in [6.07, 6.45) is 2.83. The normalized spacial score (nSPS) is 35.2. The molecule has 0 spiro atoms. The number of hydrogen-bond donors (Lipinski definition) is 0. The monoisotopic (exact) mass is 334 g/mol. The third-order valence-corrected chi connectivity index (χ3v) is 7.02. The summed E-state index contributed by atoms with van der Waals surface area (Å²) >= 11 is 0. The molecule has 4 aliphatic rings. The predicted octanol–water partition coefficient (Wildman–Crippen LogP) is 2.10. The number of piperazine rings is 1. The van der Waals surface area contributed by atoms with E-state index in [0.717, 1.165) is 24.2 Å². The highest BCUT2D eigenvalue weighted by Crippen LogP contribution is 2.38. The molecule has 138 valence electrons. The topological polar surface area (TPSA) is 13.0 Å². The fourth-order valence-electron chi connectivity index (χ4n) is 5.58. The Morgan fingerprint density at radius 3 is 1.38 bits per heavy atom. The Labute approximate surface area is 149 Å². The van der Waals surface area contributed by atoms with E-state index in [2.05, 4.69) is 61.1 Å². The molecule has 2 unspecified atom stereocenters. The molecule has 4 aliphatic heterocycles. The van der Waals surface area contributed by atoms with Gasteiger partial charge in [0.1, 0.15) is 0 Å². The predicted molar refractivity (Wildman–Crippen MR) is 100 cm³/mol. The second-order valence-electron chi connectivity index (χ2n) is 10.8. The highest BCUT2D eigenvalue weighted by molar-refractivity contribution is 5.06. The molecule has 0 aromatic rings. The minimum Gasteiger partial charge on any atom is -0.295 e. The van der Waals surface area contributed by atoms with Gasteiger partial charge in [0.2, 0.25) is 0 Å². The zero-order chi connectivity index (χ0) is 17.3. The fraction of sp³-hybridized carbons (Fsp3) is 1.00. The smallest absolute Gasteiger partial charge is 0.0352 e. The van der Waals surface area contributed by atoms with Gasteiger partial charge in [-0.2, -0.15) is 0 Å². The van der Waals surface area contributed by atoms with Crippen LogP contribution in [0.4, 0.5) is 0 Å². The first-order valence-corrected chi connectivity index (χ1v) is 10.1. The molecule has 2 bridgehead atoms. The molecule has 0 aromatic carbocycles. The molecule has 4 nitrogen and oxygen atoms in total. The number of fused-ring (bicyclic) bond motifs is 2. The van der Waals surface area contributed by atoms with Crippen LogP contribution < -0.4 is 0 Å². The van der Waals surface area contributed by atoms with Crippen LogP contribution in [-0.2, 0) is 0 Å². The van der Waals surface area contributed by atoms with Gasteiger partial charge in [0.15, 0.2) is 0 Å². The molecule has 0 aliphatic carbocycles. The van der Waals surface area contributed by atoms with E-state index in [0.29, 0.717) is 11.1 Å². The lowest BCUT2D eigenvalue weighted by Crippen LogP contribution is -2.73. The zero-order valence-electron chi connectivity index (χ0n) is 16.8. The summed E-state index contributed by atoms with van der Waals surface area (Å²) in [7, 11) is 0. The quantitative estimate of drug-likeness (QED) is 0.767. The van der Waals surface area contributed by atoms with Crippen LogP contribution in [-0.4, -0.2) is 94.1 Å². The summed E-state index contributed by atoms with van der Waals surface area (Å²) in [4.78, 5) is 11.0. The van der Waals surface area contributed by atoms with Gasteiger partial charge in [-0.1, -0.05) is 0 Å². The van der Waals surface area contributed by atoms with E-state index in [1.165, 1.54) is 52.1 Å². The van der Waals surface area contributed by atoms with Crippen molar-refractivity contribution in [2.45, 2.75) is 89.6 Å².